The Morgan fingerprint density at radius 3 is 2.52 bits per heavy atom. The van der Waals surface area contributed by atoms with Crippen molar-refractivity contribution in [3.8, 4) is 17.2 Å². The van der Waals surface area contributed by atoms with Crippen LogP contribution in [-0.4, -0.2) is 44.9 Å². The summed E-state index contributed by atoms with van der Waals surface area (Å²) in [5.41, 5.74) is 2.97. The molecule has 1 unspecified atom stereocenters. The summed E-state index contributed by atoms with van der Waals surface area (Å²) in [5, 5.41) is 6.55. The number of benzene rings is 1. The zero-order chi connectivity index (χ0) is 20.5. The summed E-state index contributed by atoms with van der Waals surface area (Å²) in [6.07, 6.45) is 1.77. The number of nitrogens with one attached hydrogen (secondary N) is 2. The maximum Gasteiger partial charge on any atom is 0.191 e. The molecule has 0 saturated carbocycles. The Morgan fingerprint density at radius 2 is 1.86 bits per heavy atom. The minimum absolute atomic E-state index is 0. The first-order valence-electron chi connectivity index (χ1n) is 9.22. The summed E-state index contributed by atoms with van der Waals surface area (Å²) < 4.78 is 16.6. The summed E-state index contributed by atoms with van der Waals surface area (Å²) in [5.74, 6) is 3.09. The van der Waals surface area contributed by atoms with E-state index in [-0.39, 0.29) is 30.1 Å². The molecule has 0 bridgehead atoms. The second kappa shape index (κ2) is 12.4. The van der Waals surface area contributed by atoms with Gasteiger partial charge in [-0.3, -0.25) is 9.98 Å². The van der Waals surface area contributed by atoms with E-state index in [0.29, 0.717) is 19.0 Å². The molecule has 0 spiro atoms. The summed E-state index contributed by atoms with van der Waals surface area (Å²) >= 11 is 0. The van der Waals surface area contributed by atoms with Crippen molar-refractivity contribution in [1.82, 2.24) is 15.6 Å². The molecule has 2 rings (SSSR count). The molecule has 7 nitrogen and oxygen atoms in total. The van der Waals surface area contributed by atoms with Gasteiger partial charge in [-0.1, -0.05) is 6.07 Å². The Balaban J connectivity index is 0.00000420. The van der Waals surface area contributed by atoms with E-state index in [4.69, 9.17) is 14.2 Å². The summed E-state index contributed by atoms with van der Waals surface area (Å²) in [6, 6.07) is 7.56. The number of hydrogen-bond acceptors (Lipinski definition) is 5. The predicted molar refractivity (Wildman–Crippen MR) is 127 cm³/mol. The van der Waals surface area contributed by atoms with E-state index in [0.717, 1.165) is 34.1 Å². The lowest BCUT2D eigenvalue weighted by molar-refractivity contribution is 0.223. The highest BCUT2D eigenvalue weighted by atomic mass is 127. The van der Waals surface area contributed by atoms with Gasteiger partial charge in [0.05, 0.1) is 33.0 Å². The number of nitrogens with zero attached hydrogens (tertiary/aromatic N) is 2. The molecule has 0 aliphatic rings. The minimum Gasteiger partial charge on any atom is -0.497 e. The Morgan fingerprint density at radius 1 is 1.14 bits per heavy atom. The molecule has 1 atom stereocenters. The Kier molecular flexibility index (Phi) is 10.6. The van der Waals surface area contributed by atoms with E-state index < -0.39 is 0 Å². The van der Waals surface area contributed by atoms with Crippen molar-refractivity contribution in [2.24, 2.45) is 4.99 Å². The van der Waals surface area contributed by atoms with Crippen molar-refractivity contribution >= 4 is 29.9 Å². The number of halogens is 1. The SMILES string of the molecule is CN=C(NCc1ncc(C)c(OC)c1C)NCC(C)Oc1cccc(OC)c1.I. The monoisotopic (exact) mass is 514 g/mol. The van der Waals surface area contributed by atoms with Crippen LogP contribution in [0.4, 0.5) is 0 Å². The number of hydrogen-bond donors (Lipinski definition) is 2. The van der Waals surface area contributed by atoms with Crippen molar-refractivity contribution in [1.29, 1.82) is 0 Å². The fourth-order valence-electron chi connectivity index (χ4n) is 2.83. The van der Waals surface area contributed by atoms with Gasteiger partial charge in [0.1, 0.15) is 23.4 Å². The molecule has 1 aromatic carbocycles. The third-order valence-corrected chi connectivity index (χ3v) is 4.33. The molecule has 1 heterocycles. The van der Waals surface area contributed by atoms with Gasteiger partial charge in [-0.2, -0.15) is 0 Å². The fourth-order valence-corrected chi connectivity index (χ4v) is 2.83. The van der Waals surface area contributed by atoms with Gasteiger partial charge in [0.25, 0.3) is 0 Å². The van der Waals surface area contributed by atoms with Crippen LogP contribution >= 0.6 is 24.0 Å². The Hall–Kier alpha value is -2.23. The van der Waals surface area contributed by atoms with Gasteiger partial charge < -0.3 is 24.8 Å². The molecule has 0 aliphatic heterocycles. The highest BCUT2D eigenvalue weighted by Crippen LogP contribution is 2.23. The lowest BCUT2D eigenvalue weighted by Gasteiger charge is -2.18. The van der Waals surface area contributed by atoms with Crippen LogP contribution in [0, 0.1) is 13.8 Å². The molecule has 0 aliphatic carbocycles. The standard InChI is InChI=1S/C21H30N4O3.HI/c1-14-11-23-19(16(3)20(14)27-6)13-25-21(22-4)24-12-15(2)28-18-9-7-8-17(10-18)26-5;/h7-11,15H,12-13H2,1-6H3,(H2,22,24,25);1H. The van der Waals surface area contributed by atoms with Crippen molar-refractivity contribution in [2.75, 3.05) is 27.8 Å². The van der Waals surface area contributed by atoms with Crippen LogP contribution in [0.15, 0.2) is 35.5 Å². The van der Waals surface area contributed by atoms with Gasteiger partial charge in [-0.15, -0.1) is 24.0 Å². The first-order valence-corrected chi connectivity index (χ1v) is 9.22. The summed E-state index contributed by atoms with van der Waals surface area (Å²) in [6.45, 7) is 7.14. The molecule has 0 saturated heterocycles. The van der Waals surface area contributed by atoms with E-state index in [1.165, 1.54) is 0 Å². The zero-order valence-electron chi connectivity index (χ0n) is 17.9. The maximum absolute atomic E-state index is 5.92. The lowest BCUT2D eigenvalue weighted by atomic mass is 10.1. The van der Waals surface area contributed by atoms with Crippen LogP contribution in [0.5, 0.6) is 17.2 Å². The maximum atomic E-state index is 5.92. The first-order chi connectivity index (χ1) is 13.5. The van der Waals surface area contributed by atoms with Crippen molar-refractivity contribution in [3.05, 3.63) is 47.3 Å². The van der Waals surface area contributed by atoms with E-state index in [1.807, 2.05) is 51.2 Å². The largest absolute Gasteiger partial charge is 0.497 e. The number of aryl methyl sites for hydroxylation is 1. The number of aliphatic imine (C=N–C) groups is 1. The molecule has 29 heavy (non-hydrogen) atoms. The summed E-state index contributed by atoms with van der Waals surface area (Å²) in [7, 11) is 5.05. The average molecular weight is 514 g/mol. The topological polar surface area (TPSA) is 77.0 Å². The van der Waals surface area contributed by atoms with Crippen molar-refractivity contribution in [3.63, 3.8) is 0 Å². The second-order valence-corrected chi connectivity index (χ2v) is 6.46. The Bertz CT molecular complexity index is 815. The number of methoxy groups -OCH3 is 2. The van der Waals surface area contributed by atoms with Crippen LogP contribution in [0.3, 0.4) is 0 Å². The average Bonchev–Trinajstić information content (AvgIpc) is 2.70. The quantitative estimate of drug-likeness (QED) is 0.319. The van der Waals surface area contributed by atoms with Gasteiger partial charge in [0.15, 0.2) is 5.96 Å². The van der Waals surface area contributed by atoms with Gasteiger partial charge in [-0.25, -0.2) is 0 Å². The molecule has 0 radical (unpaired) electrons. The molecule has 1 aromatic heterocycles. The van der Waals surface area contributed by atoms with Gasteiger partial charge in [-0.05, 0) is 32.9 Å². The zero-order valence-corrected chi connectivity index (χ0v) is 20.2. The number of rotatable bonds is 8. The van der Waals surface area contributed by atoms with Gasteiger partial charge >= 0.3 is 0 Å². The van der Waals surface area contributed by atoms with Crippen molar-refractivity contribution < 1.29 is 14.2 Å². The highest BCUT2D eigenvalue weighted by Gasteiger charge is 2.11. The number of aromatic nitrogens is 1. The first kappa shape index (κ1) is 24.8. The fraction of sp³-hybridized carbons (Fsp3) is 0.429. The third kappa shape index (κ3) is 7.26. The smallest absolute Gasteiger partial charge is 0.191 e. The molecule has 2 aromatic rings. The predicted octanol–water partition coefficient (Wildman–Crippen LogP) is 3.47. The molecule has 8 heteroatoms. The molecule has 0 fully saturated rings. The van der Waals surface area contributed by atoms with Crippen LogP contribution in [0.1, 0.15) is 23.7 Å². The van der Waals surface area contributed by atoms with E-state index in [9.17, 15) is 0 Å². The summed E-state index contributed by atoms with van der Waals surface area (Å²) in [4.78, 5) is 8.76. The molecule has 160 valence electrons. The third-order valence-electron chi connectivity index (χ3n) is 4.33. The van der Waals surface area contributed by atoms with Gasteiger partial charge in [0, 0.05) is 30.4 Å². The molecule has 0 amide bonds. The van der Waals surface area contributed by atoms with Gasteiger partial charge in [0.2, 0.25) is 0 Å². The van der Waals surface area contributed by atoms with E-state index in [2.05, 4.69) is 20.6 Å². The normalized spacial score (nSPS) is 11.9. The number of pyridine rings is 1. The molecular weight excluding hydrogens is 483 g/mol. The van der Waals surface area contributed by atoms with Crippen LogP contribution < -0.4 is 24.8 Å². The highest BCUT2D eigenvalue weighted by molar-refractivity contribution is 14.0. The molecular formula is C21H31IN4O3. The van der Waals surface area contributed by atoms with Crippen molar-refractivity contribution in [2.45, 2.75) is 33.4 Å². The van der Waals surface area contributed by atoms with Crippen LogP contribution in [0.25, 0.3) is 0 Å². The minimum atomic E-state index is -0.0509. The van der Waals surface area contributed by atoms with E-state index in [1.54, 1.807) is 21.3 Å². The number of guanidine groups is 1. The Labute approximate surface area is 190 Å². The number of ether oxygens (including phenoxy) is 3. The van der Waals surface area contributed by atoms with Crippen LogP contribution in [0.2, 0.25) is 0 Å². The second-order valence-electron chi connectivity index (χ2n) is 6.46. The van der Waals surface area contributed by atoms with E-state index >= 15 is 0 Å². The molecule has 2 N–H and O–H groups in total. The van der Waals surface area contributed by atoms with Crippen LogP contribution in [-0.2, 0) is 6.54 Å². The lowest BCUT2D eigenvalue weighted by Crippen LogP contribution is -2.41.